The minimum atomic E-state index is -4.98. The predicted octanol–water partition coefficient (Wildman–Crippen LogP) is 5.75. The van der Waals surface area contributed by atoms with Crippen LogP contribution in [-0.4, -0.2) is 17.9 Å². The summed E-state index contributed by atoms with van der Waals surface area (Å²) in [5.41, 5.74) is -2.19. The SMILES string of the molecule is COc1ccc(C=C(C#N)C(=O)Nc2ccc([N+](=O)[O-])cc2C(F)(F)F)cc1OCc1ccccc1. The number of halogens is 3. The van der Waals surface area contributed by atoms with Gasteiger partial charge in [0, 0.05) is 12.1 Å². The molecule has 0 fully saturated rings. The summed E-state index contributed by atoms with van der Waals surface area (Å²) in [5, 5.41) is 22.3. The van der Waals surface area contributed by atoms with Gasteiger partial charge in [0.2, 0.25) is 0 Å². The molecule has 0 bridgehead atoms. The van der Waals surface area contributed by atoms with Gasteiger partial charge in [-0.25, -0.2) is 0 Å². The summed E-state index contributed by atoms with van der Waals surface area (Å²) in [6.07, 6.45) is -3.81. The van der Waals surface area contributed by atoms with Gasteiger partial charge >= 0.3 is 6.18 Å². The number of methoxy groups -OCH3 is 1. The molecule has 0 radical (unpaired) electrons. The lowest BCUT2D eigenvalue weighted by atomic mass is 10.1. The zero-order valence-corrected chi connectivity index (χ0v) is 18.7. The molecule has 184 valence electrons. The summed E-state index contributed by atoms with van der Waals surface area (Å²) in [6, 6.07) is 17.4. The Morgan fingerprint density at radius 1 is 1.11 bits per heavy atom. The fraction of sp³-hybridized carbons (Fsp3) is 0.120. The van der Waals surface area contributed by atoms with E-state index in [0.29, 0.717) is 23.1 Å². The van der Waals surface area contributed by atoms with Crippen molar-refractivity contribution in [2.24, 2.45) is 0 Å². The third kappa shape index (κ3) is 6.38. The summed E-state index contributed by atoms with van der Waals surface area (Å²) in [5.74, 6) is -0.409. The van der Waals surface area contributed by atoms with Crippen LogP contribution in [0.15, 0.2) is 72.3 Å². The van der Waals surface area contributed by atoms with Crippen molar-refractivity contribution in [3.8, 4) is 17.6 Å². The van der Waals surface area contributed by atoms with Gasteiger partial charge in [-0.1, -0.05) is 36.4 Å². The van der Waals surface area contributed by atoms with E-state index < -0.39 is 39.5 Å². The van der Waals surface area contributed by atoms with Crippen LogP contribution in [0.4, 0.5) is 24.5 Å². The molecule has 3 aromatic rings. The van der Waals surface area contributed by atoms with Gasteiger partial charge < -0.3 is 14.8 Å². The smallest absolute Gasteiger partial charge is 0.418 e. The number of hydrogen-bond donors (Lipinski definition) is 1. The maximum atomic E-state index is 13.4. The molecule has 0 saturated heterocycles. The van der Waals surface area contributed by atoms with E-state index in [0.717, 1.165) is 17.7 Å². The van der Waals surface area contributed by atoms with Gasteiger partial charge in [-0.15, -0.1) is 0 Å². The van der Waals surface area contributed by atoms with Crippen LogP contribution in [-0.2, 0) is 17.6 Å². The zero-order valence-electron chi connectivity index (χ0n) is 18.7. The van der Waals surface area contributed by atoms with Crippen molar-refractivity contribution in [2.75, 3.05) is 12.4 Å². The van der Waals surface area contributed by atoms with E-state index in [2.05, 4.69) is 0 Å². The molecule has 1 N–H and O–H groups in total. The maximum Gasteiger partial charge on any atom is 0.418 e. The highest BCUT2D eigenvalue weighted by Crippen LogP contribution is 2.37. The van der Waals surface area contributed by atoms with Crippen LogP contribution in [0.25, 0.3) is 6.08 Å². The lowest BCUT2D eigenvalue weighted by molar-refractivity contribution is -0.385. The molecule has 0 unspecified atom stereocenters. The molecule has 0 spiro atoms. The second kappa shape index (κ2) is 11.1. The van der Waals surface area contributed by atoms with Crippen molar-refractivity contribution >= 4 is 23.4 Å². The second-order valence-electron chi connectivity index (χ2n) is 7.29. The fourth-order valence-corrected chi connectivity index (χ4v) is 3.13. The summed E-state index contributed by atoms with van der Waals surface area (Å²) >= 11 is 0. The number of alkyl halides is 3. The van der Waals surface area contributed by atoms with E-state index in [1.807, 2.05) is 35.6 Å². The lowest BCUT2D eigenvalue weighted by Gasteiger charge is -2.13. The first-order valence-corrected chi connectivity index (χ1v) is 10.3. The third-order valence-electron chi connectivity index (χ3n) is 4.87. The van der Waals surface area contributed by atoms with Crippen LogP contribution in [0.5, 0.6) is 11.5 Å². The Labute approximate surface area is 203 Å². The molecule has 0 heterocycles. The van der Waals surface area contributed by atoms with Crippen molar-refractivity contribution in [1.82, 2.24) is 0 Å². The van der Waals surface area contributed by atoms with Crippen molar-refractivity contribution in [3.63, 3.8) is 0 Å². The molecule has 36 heavy (non-hydrogen) atoms. The number of rotatable bonds is 8. The molecule has 1 amide bonds. The average molecular weight is 497 g/mol. The molecule has 0 aromatic heterocycles. The largest absolute Gasteiger partial charge is 0.493 e. The van der Waals surface area contributed by atoms with Gasteiger partial charge in [0.05, 0.1) is 23.3 Å². The summed E-state index contributed by atoms with van der Waals surface area (Å²) in [4.78, 5) is 22.5. The van der Waals surface area contributed by atoms with Gasteiger partial charge in [0.25, 0.3) is 11.6 Å². The normalized spacial score (nSPS) is 11.4. The standard InChI is InChI=1S/C25H18F3N3O5/c1-35-22-10-7-17(12-23(22)36-15-16-5-3-2-4-6-16)11-18(14-29)24(32)30-21-9-8-19(31(33)34)13-20(21)25(26,27)28/h2-13H,15H2,1H3,(H,30,32). The Kier molecular flexibility index (Phi) is 7.91. The molecule has 3 rings (SSSR count). The monoisotopic (exact) mass is 497 g/mol. The van der Waals surface area contributed by atoms with Gasteiger partial charge in [-0.2, -0.15) is 18.4 Å². The van der Waals surface area contributed by atoms with Crippen molar-refractivity contribution in [2.45, 2.75) is 12.8 Å². The molecular weight excluding hydrogens is 479 g/mol. The summed E-state index contributed by atoms with van der Waals surface area (Å²) < 4.78 is 51.3. The Hall–Kier alpha value is -4.85. The molecule has 0 aliphatic rings. The van der Waals surface area contributed by atoms with Gasteiger partial charge in [-0.05, 0) is 35.4 Å². The topological polar surface area (TPSA) is 114 Å². The lowest BCUT2D eigenvalue weighted by Crippen LogP contribution is -2.18. The number of nitrogens with one attached hydrogen (secondary N) is 1. The van der Waals surface area contributed by atoms with E-state index in [9.17, 15) is 33.3 Å². The molecule has 0 saturated carbocycles. The van der Waals surface area contributed by atoms with Crippen molar-refractivity contribution in [1.29, 1.82) is 5.26 Å². The fourth-order valence-electron chi connectivity index (χ4n) is 3.13. The minimum absolute atomic E-state index is 0.219. The highest BCUT2D eigenvalue weighted by Gasteiger charge is 2.36. The second-order valence-corrected chi connectivity index (χ2v) is 7.29. The Balaban J connectivity index is 1.87. The first-order valence-electron chi connectivity index (χ1n) is 10.3. The Bertz CT molecular complexity index is 1350. The average Bonchev–Trinajstić information content (AvgIpc) is 2.86. The number of carbonyl (C=O) groups excluding carboxylic acids is 1. The molecule has 0 aliphatic carbocycles. The van der Waals surface area contributed by atoms with E-state index in [1.165, 1.54) is 25.3 Å². The number of ether oxygens (including phenoxy) is 2. The number of nitro benzene ring substituents is 1. The van der Waals surface area contributed by atoms with Crippen LogP contribution in [0, 0.1) is 21.4 Å². The van der Waals surface area contributed by atoms with E-state index in [-0.39, 0.29) is 6.61 Å². The molecule has 8 nitrogen and oxygen atoms in total. The van der Waals surface area contributed by atoms with Crippen molar-refractivity contribution < 1.29 is 32.4 Å². The Morgan fingerprint density at radius 3 is 2.44 bits per heavy atom. The van der Waals surface area contributed by atoms with Crippen LogP contribution >= 0.6 is 0 Å². The first kappa shape index (κ1) is 25.8. The number of hydrogen-bond acceptors (Lipinski definition) is 6. The molecular formula is C25H18F3N3O5. The van der Waals surface area contributed by atoms with E-state index in [4.69, 9.17) is 9.47 Å². The molecule has 3 aromatic carbocycles. The highest BCUT2D eigenvalue weighted by atomic mass is 19.4. The minimum Gasteiger partial charge on any atom is -0.493 e. The van der Waals surface area contributed by atoms with Crippen LogP contribution in [0.1, 0.15) is 16.7 Å². The van der Waals surface area contributed by atoms with Gasteiger partial charge in [-0.3, -0.25) is 14.9 Å². The number of nitriles is 1. The van der Waals surface area contributed by atoms with E-state index >= 15 is 0 Å². The quantitative estimate of drug-likeness (QED) is 0.184. The zero-order chi connectivity index (χ0) is 26.3. The summed E-state index contributed by atoms with van der Waals surface area (Å²) in [6.45, 7) is 0.219. The highest BCUT2D eigenvalue weighted by molar-refractivity contribution is 6.10. The maximum absolute atomic E-state index is 13.4. The third-order valence-corrected chi connectivity index (χ3v) is 4.87. The molecule has 0 atom stereocenters. The summed E-state index contributed by atoms with van der Waals surface area (Å²) in [7, 11) is 1.44. The first-order chi connectivity index (χ1) is 17.1. The van der Waals surface area contributed by atoms with Crippen molar-refractivity contribution in [3.05, 3.63) is 99.1 Å². The number of benzene rings is 3. The van der Waals surface area contributed by atoms with Gasteiger partial charge in [0.1, 0.15) is 18.2 Å². The number of anilines is 1. The van der Waals surface area contributed by atoms with E-state index in [1.54, 1.807) is 12.1 Å². The number of carbonyl (C=O) groups is 1. The van der Waals surface area contributed by atoms with Gasteiger partial charge in [0.15, 0.2) is 11.5 Å². The predicted molar refractivity (Wildman–Crippen MR) is 124 cm³/mol. The van der Waals surface area contributed by atoms with Crippen LogP contribution < -0.4 is 14.8 Å². The number of nitro groups is 1. The van der Waals surface area contributed by atoms with Crippen LogP contribution in [0.3, 0.4) is 0 Å². The number of nitrogens with zero attached hydrogens (tertiary/aromatic N) is 2. The van der Waals surface area contributed by atoms with Crippen LogP contribution in [0.2, 0.25) is 0 Å². The molecule has 0 aliphatic heterocycles. The number of amides is 1. The number of non-ortho nitro benzene ring substituents is 1. The molecule has 11 heteroatoms. The Morgan fingerprint density at radius 2 is 1.83 bits per heavy atom.